The molecule has 3 N–H and O–H groups in total. The third kappa shape index (κ3) is 5.45. The van der Waals surface area contributed by atoms with E-state index >= 15 is 0 Å². The van der Waals surface area contributed by atoms with E-state index in [1.54, 1.807) is 0 Å². The molecule has 1 heterocycles. The first kappa shape index (κ1) is 20.2. The van der Waals surface area contributed by atoms with Crippen molar-refractivity contribution in [2.24, 2.45) is 7.05 Å². The summed E-state index contributed by atoms with van der Waals surface area (Å²) in [6.45, 7) is 1.06. The molecule has 1 aromatic heterocycles. The van der Waals surface area contributed by atoms with Crippen LogP contribution in [0.25, 0.3) is 0 Å². The molecule has 146 valence electrons. The minimum atomic E-state index is -1.62. The van der Waals surface area contributed by atoms with E-state index < -0.39 is 29.4 Å². The minimum absolute atomic E-state index is 0.0173. The molecule has 0 aliphatic rings. The molecule has 1 aromatic carbocycles. The molecule has 0 fully saturated rings. The topological polar surface area (TPSA) is 91.3 Å². The highest BCUT2D eigenvalue weighted by atomic mass is 19.2. The van der Waals surface area contributed by atoms with Crippen LogP contribution in [0.4, 0.5) is 29.5 Å². The van der Waals surface area contributed by atoms with Crippen molar-refractivity contribution in [2.75, 3.05) is 37.8 Å². The summed E-state index contributed by atoms with van der Waals surface area (Å²) in [5, 5.41) is 11.3. The average Bonchev–Trinajstić information content (AvgIpc) is 2.92. The lowest BCUT2D eigenvalue weighted by atomic mass is 10.2. The number of hydrogen-bond acceptors (Lipinski definition) is 4. The maximum absolute atomic E-state index is 13.2. The molecule has 0 saturated heterocycles. The smallest absolute Gasteiger partial charge is 0.320 e. The lowest BCUT2D eigenvalue weighted by Crippen LogP contribution is -2.34. The summed E-state index contributed by atoms with van der Waals surface area (Å²) in [4.78, 5) is 25.9. The van der Waals surface area contributed by atoms with Crippen LogP contribution < -0.4 is 16.0 Å². The number of carbonyl (C=O) groups excluding carboxylic acids is 2. The molecule has 0 aliphatic heterocycles. The van der Waals surface area contributed by atoms with Gasteiger partial charge in [0, 0.05) is 44.0 Å². The standard InChI is InChI=1S/C16H19F3N6O2/c1-24(2)5-4-20-16(27)22-13-8-12(25(3)23-13)15(26)21-9-6-10(17)14(19)11(18)7-9/h6-8H,4-5H2,1-3H3,(H,21,26)(H2,20,22,23,27). The molecule has 0 saturated carbocycles. The highest BCUT2D eigenvalue weighted by Gasteiger charge is 2.17. The van der Waals surface area contributed by atoms with E-state index in [0.29, 0.717) is 25.2 Å². The van der Waals surface area contributed by atoms with Crippen molar-refractivity contribution in [2.45, 2.75) is 0 Å². The Balaban J connectivity index is 2.03. The van der Waals surface area contributed by atoms with Gasteiger partial charge in [0.1, 0.15) is 5.69 Å². The van der Waals surface area contributed by atoms with Gasteiger partial charge in [-0.1, -0.05) is 0 Å². The number of aryl methyl sites for hydroxylation is 1. The Morgan fingerprint density at radius 3 is 2.33 bits per heavy atom. The van der Waals surface area contributed by atoms with E-state index in [1.165, 1.54) is 17.8 Å². The SMILES string of the molecule is CN(C)CCNC(=O)Nc1cc(C(=O)Nc2cc(F)c(F)c(F)c2)n(C)n1. The zero-order valence-electron chi connectivity index (χ0n) is 14.9. The van der Waals surface area contributed by atoms with Crippen molar-refractivity contribution in [1.82, 2.24) is 20.0 Å². The normalized spacial score (nSPS) is 10.8. The zero-order chi connectivity index (χ0) is 20.1. The number of amides is 3. The molecule has 11 heteroatoms. The molecule has 0 unspecified atom stereocenters. The fraction of sp³-hybridized carbons (Fsp3) is 0.312. The quantitative estimate of drug-likeness (QED) is 0.662. The van der Waals surface area contributed by atoms with Crippen LogP contribution in [0.5, 0.6) is 0 Å². The number of rotatable bonds is 6. The Morgan fingerprint density at radius 1 is 1.11 bits per heavy atom. The van der Waals surface area contributed by atoms with E-state index in [1.807, 2.05) is 19.0 Å². The molecule has 0 radical (unpaired) electrons. The van der Waals surface area contributed by atoms with E-state index in [4.69, 9.17) is 0 Å². The lowest BCUT2D eigenvalue weighted by Gasteiger charge is -2.10. The Hall–Kier alpha value is -3.08. The summed E-state index contributed by atoms with van der Waals surface area (Å²) in [5.41, 5.74) is -0.239. The van der Waals surface area contributed by atoms with Gasteiger partial charge in [0.2, 0.25) is 0 Å². The zero-order valence-corrected chi connectivity index (χ0v) is 14.9. The first-order chi connectivity index (χ1) is 12.7. The Labute approximate surface area is 153 Å². The van der Waals surface area contributed by atoms with Gasteiger partial charge in [0.05, 0.1) is 0 Å². The second-order valence-electron chi connectivity index (χ2n) is 5.93. The van der Waals surface area contributed by atoms with Crippen LogP contribution in [0.15, 0.2) is 18.2 Å². The number of carbonyl (C=O) groups is 2. The van der Waals surface area contributed by atoms with Crippen LogP contribution >= 0.6 is 0 Å². The van der Waals surface area contributed by atoms with Crippen molar-refractivity contribution in [3.8, 4) is 0 Å². The number of urea groups is 1. The predicted molar refractivity (Wildman–Crippen MR) is 93.1 cm³/mol. The Bertz CT molecular complexity index is 830. The molecule has 0 aliphatic carbocycles. The van der Waals surface area contributed by atoms with Gasteiger partial charge in [-0.3, -0.25) is 14.8 Å². The molecule has 0 atom stereocenters. The summed E-state index contributed by atoms with van der Waals surface area (Å²) in [5.74, 6) is -5.10. The van der Waals surface area contributed by atoms with Gasteiger partial charge in [-0.05, 0) is 14.1 Å². The molecular weight excluding hydrogens is 365 g/mol. The first-order valence-corrected chi connectivity index (χ1v) is 7.87. The monoisotopic (exact) mass is 384 g/mol. The molecule has 2 rings (SSSR count). The summed E-state index contributed by atoms with van der Waals surface area (Å²) in [6.07, 6.45) is 0. The van der Waals surface area contributed by atoms with Crippen LogP contribution in [0.2, 0.25) is 0 Å². The number of anilines is 2. The van der Waals surface area contributed by atoms with Crippen LogP contribution in [-0.4, -0.2) is 53.8 Å². The minimum Gasteiger partial charge on any atom is -0.337 e. The van der Waals surface area contributed by atoms with Crippen molar-refractivity contribution in [3.63, 3.8) is 0 Å². The van der Waals surface area contributed by atoms with Gasteiger partial charge in [0.15, 0.2) is 23.3 Å². The van der Waals surface area contributed by atoms with Gasteiger partial charge in [-0.25, -0.2) is 18.0 Å². The molecule has 0 bridgehead atoms. The highest BCUT2D eigenvalue weighted by molar-refractivity contribution is 6.04. The van der Waals surface area contributed by atoms with Crippen LogP contribution in [0.1, 0.15) is 10.5 Å². The van der Waals surface area contributed by atoms with Crippen LogP contribution in [-0.2, 0) is 7.05 Å². The Kier molecular flexibility index (Phi) is 6.40. The van der Waals surface area contributed by atoms with Crippen LogP contribution in [0.3, 0.4) is 0 Å². The second-order valence-corrected chi connectivity index (χ2v) is 5.93. The van der Waals surface area contributed by atoms with Crippen molar-refractivity contribution >= 4 is 23.4 Å². The third-order valence-electron chi connectivity index (χ3n) is 3.44. The van der Waals surface area contributed by atoms with Crippen molar-refractivity contribution in [3.05, 3.63) is 41.3 Å². The number of aromatic nitrogens is 2. The largest absolute Gasteiger partial charge is 0.337 e. The lowest BCUT2D eigenvalue weighted by molar-refractivity contribution is 0.101. The third-order valence-corrected chi connectivity index (χ3v) is 3.44. The molecule has 8 nitrogen and oxygen atoms in total. The summed E-state index contributed by atoms with van der Waals surface area (Å²) < 4.78 is 40.6. The maximum atomic E-state index is 13.2. The van der Waals surface area contributed by atoms with Gasteiger partial charge >= 0.3 is 6.03 Å². The van der Waals surface area contributed by atoms with E-state index in [-0.39, 0.29) is 17.2 Å². The van der Waals surface area contributed by atoms with Gasteiger partial charge in [-0.2, -0.15) is 5.10 Å². The fourth-order valence-electron chi connectivity index (χ4n) is 2.12. The number of hydrogen-bond donors (Lipinski definition) is 3. The second kappa shape index (κ2) is 8.54. The summed E-state index contributed by atoms with van der Waals surface area (Å²) in [7, 11) is 5.18. The van der Waals surface area contributed by atoms with Crippen molar-refractivity contribution in [1.29, 1.82) is 0 Å². The number of halogens is 3. The highest BCUT2D eigenvalue weighted by Crippen LogP contribution is 2.18. The van der Waals surface area contributed by atoms with Gasteiger partial charge < -0.3 is 15.5 Å². The first-order valence-electron chi connectivity index (χ1n) is 7.87. The fourth-order valence-corrected chi connectivity index (χ4v) is 2.12. The van der Waals surface area contributed by atoms with Crippen molar-refractivity contribution < 1.29 is 22.8 Å². The Morgan fingerprint density at radius 2 is 1.74 bits per heavy atom. The maximum Gasteiger partial charge on any atom is 0.320 e. The number of nitrogens with zero attached hydrogens (tertiary/aromatic N) is 3. The van der Waals surface area contributed by atoms with Gasteiger partial charge in [0.25, 0.3) is 5.91 Å². The summed E-state index contributed by atoms with van der Waals surface area (Å²) in [6, 6.07) is 2.11. The number of nitrogens with one attached hydrogen (secondary N) is 3. The number of likely N-dealkylation sites (N-methyl/N-ethyl adjacent to an activating group) is 1. The molecule has 27 heavy (non-hydrogen) atoms. The van der Waals surface area contributed by atoms with E-state index in [0.717, 1.165) is 0 Å². The van der Waals surface area contributed by atoms with Gasteiger partial charge in [-0.15, -0.1) is 0 Å². The molecule has 3 amide bonds. The molecular formula is C16H19F3N6O2. The molecule has 0 spiro atoms. The predicted octanol–water partition coefficient (Wildman–Crippen LogP) is 1.77. The van der Waals surface area contributed by atoms with E-state index in [9.17, 15) is 22.8 Å². The van der Waals surface area contributed by atoms with Crippen LogP contribution in [0, 0.1) is 17.5 Å². The molecule has 2 aromatic rings. The average molecular weight is 384 g/mol. The summed E-state index contributed by atoms with van der Waals surface area (Å²) >= 11 is 0. The van der Waals surface area contributed by atoms with E-state index in [2.05, 4.69) is 21.0 Å². The number of benzene rings is 1.